The predicted molar refractivity (Wildman–Crippen MR) is 114 cm³/mol. The van der Waals surface area contributed by atoms with E-state index < -0.39 is 5.82 Å². The molecule has 0 aromatic heterocycles. The van der Waals surface area contributed by atoms with E-state index in [1.54, 1.807) is 12.1 Å². The molecule has 2 N–H and O–H groups in total. The lowest BCUT2D eigenvalue weighted by atomic mass is 9.97. The van der Waals surface area contributed by atoms with E-state index in [0.29, 0.717) is 17.6 Å². The van der Waals surface area contributed by atoms with Gasteiger partial charge in [-0.15, -0.1) is 0 Å². The zero-order chi connectivity index (χ0) is 20.4. The molecule has 2 rings (SSSR count). The average molecular weight is 456 g/mol. The number of halogens is 2. The van der Waals surface area contributed by atoms with Crippen LogP contribution in [0.4, 0.5) is 10.1 Å². The summed E-state index contributed by atoms with van der Waals surface area (Å²) in [6.07, 6.45) is 6.71. The SMILES string of the molecule is CCCCCCNC(=O)C1CCCN(CCC(=O)Nc2ccc(Br)cc2F)C1. The Hall–Kier alpha value is -1.47. The van der Waals surface area contributed by atoms with E-state index in [2.05, 4.69) is 38.4 Å². The van der Waals surface area contributed by atoms with Crippen molar-refractivity contribution in [1.82, 2.24) is 10.2 Å². The number of amides is 2. The van der Waals surface area contributed by atoms with E-state index in [-0.39, 0.29) is 29.8 Å². The van der Waals surface area contributed by atoms with Gasteiger partial charge in [-0.2, -0.15) is 0 Å². The van der Waals surface area contributed by atoms with Gasteiger partial charge in [-0.1, -0.05) is 42.1 Å². The lowest BCUT2D eigenvalue weighted by molar-refractivity contribution is -0.126. The Kier molecular flexibility index (Phi) is 9.92. The van der Waals surface area contributed by atoms with Gasteiger partial charge in [0.05, 0.1) is 11.6 Å². The molecule has 5 nitrogen and oxygen atoms in total. The van der Waals surface area contributed by atoms with Crippen molar-refractivity contribution in [1.29, 1.82) is 0 Å². The summed E-state index contributed by atoms with van der Waals surface area (Å²) in [5, 5.41) is 5.66. The topological polar surface area (TPSA) is 61.4 Å². The van der Waals surface area contributed by atoms with E-state index in [1.165, 1.54) is 18.9 Å². The van der Waals surface area contributed by atoms with Crippen molar-refractivity contribution in [2.45, 2.75) is 51.9 Å². The largest absolute Gasteiger partial charge is 0.356 e. The zero-order valence-electron chi connectivity index (χ0n) is 16.6. The second kappa shape index (κ2) is 12.2. The first-order chi connectivity index (χ1) is 13.5. The standard InChI is InChI=1S/C21H31BrFN3O2/c1-2-3-4-5-11-24-21(28)16-7-6-12-26(15-16)13-10-20(27)25-19-9-8-17(22)14-18(19)23/h8-9,14,16H,2-7,10-13,15H2,1H3,(H,24,28)(H,25,27). The number of unbranched alkanes of at least 4 members (excludes halogenated alkanes) is 3. The molecule has 0 radical (unpaired) electrons. The first kappa shape index (κ1) is 22.8. The molecular weight excluding hydrogens is 425 g/mol. The Morgan fingerprint density at radius 2 is 2.11 bits per heavy atom. The van der Waals surface area contributed by atoms with E-state index in [4.69, 9.17) is 0 Å². The first-order valence-electron chi connectivity index (χ1n) is 10.2. The molecule has 1 aromatic rings. The van der Waals surface area contributed by atoms with Crippen LogP contribution in [0.15, 0.2) is 22.7 Å². The minimum atomic E-state index is -0.462. The molecule has 1 atom stereocenters. The molecule has 1 aliphatic heterocycles. The molecule has 2 amide bonds. The third kappa shape index (κ3) is 7.87. The highest BCUT2D eigenvalue weighted by molar-refractivity contribution is 9.10. The van der Waals surface area contributed by atoms with Gasteiger partial charge in [-0.05, 0) is 44.0 Å². The number of benzene rings is 1. The number of hydrogen-bond acceptors (Lipinski definition) is 3. The number of hydrogen-bond donors (Lipinski definition) is 2. The highest BCUT2D eigenvalue weighted by atomic mass is 79.9. The quantitative estimate of drug-likeness (QED) is 0.516. The summed E-state index contributed by atoms with van der Waals surface area (Å²) in [7, 11) is 0. The minimum Gasteiger partial charge on any atom is -0.356 e. The van der Waals surface area contributed by atoms with Crippen LogP contribution in [-0.4, -0.2) is 42.9 Å². The number of carbonyl (C=O) groups is 2. The van der Waals surface area contributed by atoms with Crippen LogP contribution >= 0.6 is 15.9 Å². The number of piperidine rings is 1. The number of rotatable bonds is 10. The summed E-state index contributed by atoms with van der Waals surface area (Å²) in [5.74, 6) is -0.561. The van der Waals surface area contributed by atoms with Gasteiger partial charge in [0.15, 0.2) is 0 Å². The van der Waals surface area contributed by atoms with Gasteiger partial charge in [0, 0.05) is 30.5 Å². The summed E-state index contributed by atoms with van der Waals surface area (Å²) in [5.41, 5.74) is 0.187. The molecule has 28 heavy (non-hydrogen) atoms. The third-order valence-corrected chi connectivity index (χ3v) is 5.56. The van der Waals surface area contributed by atoms with Crippen LogP contribution < -0.4 is 10.6 Å². The molecule has 0 bridgehead atoms. The second-order valence-corrected chi connectivity index (χ2v) is 8.33. The fourth-order valence-corrected chi connectivity index (χ4v) is 3.78. The molecule has 0 saturated carbocycles. The fraction of sp³-hybridized carbons (Fsp3) is 0.619. The summed E-state index contributed by atoms with van der Waals surface area (Å²) in [6.45, 7) is 5.06. The van der Waals surface area contributed by atoms with Gasteiger partial charge in [-0.3, -0.25) is 9.59 Å². The van der Waals surface area contributed by atoms with E-state index in [9.17, 15) is 14.0 Å². The van der Waals surface area contributed by atoms with E-state index in [1.807, 2.05) is 0 Å². The Labute approximate surface area is 175 Å². The van der Waals surface area contributed by atoms with E-state index in [0.717, 1.165) is 38.8 Å². The molecule has 1 heterocycles. The predicted octanol–water partition coefficient (Wildman–Crippen LogP) is 4.33. The number of likely N-dealkylation sites (tertiary alicyclic amines) is 1. The number of anilines is 1. The van der Waals surface area contributed by atoms with Crippen LogP contribution in [0.1, 0.15) is 51.9 Å². The van der Waals surface area contributed by atoms with Crippen molar-refractivity contribution in [3.8, 4) is 0 Å². The number of nitrogens with zero attached hydrogens (tertiary/aromatic N) is 1. The lowest BCUT2D eigenvalue weighted by Crippen LogP contribution is -2.44. The van der Waals surface area contributed by atoms with Gasteiger partial charge in [0.25, 0.3) is 0 Å². The van der Waals surface area contributed by atoms with Crippen LogP contribution in [0.3, 0.4) is 0 Å². The maximum absolute atomic E-state index is 13.8. The minimum absolute atomic E-state index is 0.00750. The molecule has 0 aliphatic carbocycles. The third-order valence-electron chi connectivity index (χ3n) is 5.07. The van der Waals surface area contributed by atoms with Gasteiger partial charge >= 0.3 is 0 Å². The monoisotopic (exact) mass is 455 g/mol. The molecule has 156 valence electrons. The lowest BCUT2D eigenvalue weighted by Gasteiger charge is -2.31. The molecule has 1 fully saturated rings. The van der Waals surface area contributed by atoms with Crippen LogP contribution in [0.2, 0.25) is 0 Å². The van der Waals surface area contributed by atoms with Gasteiger partial charge in [0.1, 0.15) is 5.82 Å². The number of carbonyl (C=O) groups excluding carboxylic acids is 2. The molecule has 1 unspecified atom stereocenters. The molecule has 1 aliphatic rings. The normalized spacial score (nSPS) is 17.3. The van der Waals surface area contributed by atoms with Gasteiger partial charge in [0.2, 0.25) is 11.8 Å². The van der Waals surface area contributed by atoms with Crippen molar-refractivity contribution in [3.63, 3.8) is 0 Å². The highest BCUT2D eigenvalue weighted by Gasteiger charge is 2.25. The molecule has 0 spiro atoms. The summed E-state index contributed by atoms with van der Waals surface area (Å²) < 4.78 is 14.4. The maximum Gasteiger partial charge on any atom is 0.225 e. The summed E-state index contributed by atoms with van der Waals surface area (Å²) >= 11 is 3.20. The van der Waals surface area contributed by atoms with Crippen LogP contribution in [0.5, 0.6) is 0 Å². The van der Waals surface area contributed by atoms with Crippen molar-refractivity contribution in [2.24, 2.45) is 5.92 Å². The van der Waals surface area contributed by atoms with Crippen molar-refractivity contribution < 1.29 is 14.0 Å². The van der Waals surface area contributed by atoms with Crippen molar-refractivity contribution in [2.75, 3.05) is 31.5 Å². The van der Waals surface area contributed by atoms with Crippen LogP contribution in [0, 0.1) is 11.7 Å². The Balaban J connectivity index is 1.70. The Morgan fingerprint density at radius 3 is 2.86 bits per heavy atom. The highest BCUT2D eigenvalue weighted by Crippen LogP contribution is 2.20. The molecule has 1 saturated heterocycles. The molecular formula is C21H31BrFN3O2. The summed E-state index contributed by atoms with van der Waals surface area (Å²) in [6, 6.07) is 4.56. The average Bonchev–Trinajstić information content (AvgIpc) is 2.68. The van der Waals surface area contributed by atoms with Crippen LogP contribution in [0.25, 0.3) is 0 Å². The Bertz CT molecular complexity index is 657. The van der Waals surface area contributed by atoms with Crippen molar-refractivity contribution in [3.05, 3.63) is 28.5 Å². The van der Waals surface area contributed by atoms with Gasteiger partial charge < -0.3 is 15.5 Å². The fourth-order valence-electron chi connectivity index (χ4n) is 3.44. The second-order valence-electron chi connectivity index (χ2n) is 7.41. The Morgan fingerprint density at radius 1 is 1.29 bits per heavy atom. The van der Waals surface area contributed by atoms with Crippen molar-refractivity contribution >= 4 is 33.4 Å². The van der Waals surface area contributed by atoms with Crippen LogP contribution in [-0.2, 0) is 9.59 Å². The van der Waals surface area contributed by atoms with E-state index >= 15 is 0 Å². The first-order valence-corrected chi connectivity index (χ1v) is 11.0. The smallest absolute Gasteiger partial charge is 0.225 e. The molecule has 7 heteroatoms. The van der Waals surface area contributed by atoms with Gasteiger partial charge in [-0.25, -0.2) is 4.39 Å². The number of nitrogens with one attached hydrogen (secondary N) is 2. The summed E-state index contributed by atoms with van der Waals surface area (Å²) in [4.78, 5) is 26.7. The maximum atomic E-state index is 13.8. The zero-order valence-corrected chi connectivity index (χ0v) is 18.2. The molecule has 1 aromatic carbocycles.